The number of carbonyl (C=O) groups is 3. The van der Waals surface area contributed by atoms with Crippen molar-refractivity contribution in [2.24, 2.45) is 0 Å². The van der Waals surface area contributed by atoms with Gasteiger partial charge in [-0.1, -0.05) is 0 Å². The molecule has 25 heavy (non-hydrogen) atoms. The van der Waals surface area contributed by atoms with Gasteiger partial charge in [-0.3, -0.25) is 14.4 Å². The summed E-state index contributed by atoms with van der Waals surface area (Å²) < 4.78 is 5.37. The van der Waals surface area contributed by atoms with E-state index in [4.69, 9.17) is 4.74 Å². The molecule has 134 valence electrons. The fourth-order valence-corrected chi connectivity index (χ4v) is 3.42. The van der Waals surface area contributed by atoms with Crippen molar-refractivity contribution in [1.82, 2.24) is 4.90 Å². The lowest BCUT2D eigenvalue weighted by Crippen LogP contribution is -2.42. The van der Waals surface area contributed by atoms with Gasteiger partial charge in [0.05, 0.1) is 5.69 Å². The van der Waals surface area contributed by atoms with Crippen LogP contribution >= 0.6 is 0 Å². The van der Waals surface area contributed by atoms with Gasteiger partial charge in [-0.05, 0) is 44.4 Å². The second-order valence-corrected chi connectivity index (χ2v) is 6.78. The maximum atomic E-state index is 12.5. The standard InChI is InChI=1S/C19H24N2O4/c1-13-5-3-4-10-21(13)18(23)9-7-16(22)14-6-8-17-15(11-14)20(2)19(24)12-25-17/h6,8,11,13H,3-5,7,9-10,12H2,1-2H3. The molecular formula is C19H24N2O4. The van der Waals surface area contributed by atoms with Crippen LogP contribution in [0.2, 0.25) is 0 Å². The third-order valence-electron chi connectivity index (χ3n) is 5.06. The van der Waals surface area contributed by atoms with E-state index in [0.717, 1.165) is 25.8 Å². The van der Waals surface area contributed by atoms with Gasteiger partial charge in [0.1, 0.15) is 5.75 Å². The van der Waals surface area contributed by atoms with E-state index in [0.29, 0.717) is 17.0 Å². The van der Waals surface area contributed by atoms with Gasteiger partial charge >= 0.3 is 0 Å². The van der Waals surface area contributed by atoms with Gasteiger partial charge in [-0.25, -0.2) is 0 Å². The molecule has 2 aliphatic rings. The molecule has 6 heteroatoms. The predicted octanol–water partition coefficient (Wildman–Crippen LogP) is 2.41. The number of benzene rings is 1. The number of anilines is 1. The number of amides is 2. The van der Waals surface area contributed by atoms with E-state index in [1.54, 1.807) is 25.2 Å². The molecule has 0 spiro atoms. The van der Waals surface area contributed by atoms with E-state index in [9.17, 15) is 14.4 Å². The zero-order valence-corrected chi connectivity index (χ0v) is 14.8. The van der Waals surface area contributed by atoms with Crippen LogP contribution in [0.25, 0.3) is 0 Å². The SMILES string of the molecule is CC1CCCCN1C(=O)CCC(=O)c1ccc2c(c1)N(C)C(=O)CO2. The Hall–Kier alpha value is -2.37. The van der Waals surface area contributed by atoms with Crippen LogP contribution in [-0.2, 0) is 9.59 Å². The Kier molecular flexibility index (Phi) is 5.06. The predicted molar refractivity (Wildman–Crippen MR) is 93.9 cm³/mol. The van der Waals surface area contributed by atoms with Gasteiger partial charge < -0.3 is 14.5 Å². The molecule has 1 saturated heterocycles. The Morgan fingerprint density at radius 3 is 2.80 bits per heavy atom. The van der Waals surface area contributed by atoms with Gasteiger partial charge in [-0.15, -0.1) is 0 Å². The second-order valence-electron chi connectivity index (χ2n) is 6.78. The molecule has 0 N–H and O–H groups in total. The van der Waals surface area contributed by atoms with E-state index in [1.165, 1.54) is 4.90 Å². The fraction of sp³-hybridized carbons (Fsp3) is 0.526. The van der Waals surface area contributed by atoms with Crippen LogP contribution in [0, 0.1) is 0 Å². The molecule has 1 atom stereocenters. The number of hydrogen-bond donors (Lipinski definition) is 0. The Morgan fingerprint density at radius 1 is 1.24 bits per heavy atom. The minimum absolute atomic E-state index is 0.0132. The van der Waals surface area contributed by atoms with Gasteiger partial charge in [-0.2, -0.15) is 0 Å². The largest absolute Gasteiger partial charge is 0.482 e. The van der Waals surface area contributed by atoms with Gasteiger partial charge in [0, 0.05) is 38.0 Å². The van der Waals surface area contributed by atoms with Crippen LogP contribution in [0.3, 0.4) is 0 Å². The minimum atomic E-state index is -0.147. The molecule has 0 saturated carbocycles. The Morgan fingerprint density at radius 2 is 2.04 bits per heavy atom. The zero-order valence-electron chi connectivity index (χ0n) is 14.8. The van der Waals surface area contributed by atoms with Crippen LogP contribution in [0.4, 0.5) is 5.69 Å². The summed E-state index contributed by atoms with van der Waals surface area (Å²) in [5.41, 5.74) is 1.10. The summed E-state index contributed by atoms with van der Waals surface area (Å²) in [4.78, 5) is 40.0. The van der Waals surface area contributed by atoms with Gasteiger partial charge in [0.15, 0.2) is 12.4 Å². The topological polar surface area (TPSA) is 66.9 Å². The molecule has 3 rings (SSSR count). The number of hydrogen-bond acceptors (Lipinski definition) is 4. The first-order chi connectivity index (χ1) is 12.0. The van der Waals surface area contributed by atoms with Crippen molar-refractivity contribution in [3.8, 4) is 5.75 Å². The van der Waals surface area contributed by atoms with E-state index < -0.39 is 0 Å². The van der Waals surface area contributed by atoms with Crippen LogP contribution in [0.15, 0.2) is 18.2 Å². The summed E-state index contributed by atoms with van der Waals surface area (Å²) in [5.74, 6) is 0.407. The van der Waals surface area contributed by atoms with Crippen LogP contribution in [0.1, 0.15) is 49.4 Å². The molecule has 1 aromatic rings. The molecule has 0 radical (unpaired) electrons. The quantitative estimate of drug-likeness (QED) is 0.787. The molecule has 1 aromatic carbocycles. The average molecular weight is 344 g/mol. The summed E-state index contributed by atoms with van der Waals surface area (Å²) in [6, 6.07) is 5.33. The highest BCUT2D eigenvalue weighted by atomic mass is 16.5. The number of carbonyl (C=O) groups excluding carboxylic acids is 3. The normalized spacial score (nSPS) is 20.1. The van der Waals surface area contributed by atoms with Crippen molar-refractivity contribution in [2.45, 2.75) is 45.1 Å². The first-order valence-electron chi connectivity index (χ1n) is 8.83. The molecular weight excluding hydrogens is 320 g/mol. The number of piperidine rings is 1. The molecule has 2 amide bonds. The van der Waals surface area contributed by atoms with Crippen molar-refractivity contribution in [3.63, 3.8) is 0 Å². The number of Topliss-reactive ketones (excluding diaryl/α,β-unsaturated/α-hetero) is 1. The van der Waals surface area contributed by atoms with Crippen LogP contribution < -0.4 is 9.64 Å². The molecule has 0 aromatic heterocycles. The third kappa shape index (κ3) is 3.67. The van der Waals surface area contributed by atoms with Gasteiger partial charge in [0.25, 0.3) is 5.91 Å². The summed E-state index contributed by atoms with van der Waals surface area (Å²) in [5, 5.41) is 0. The number of rotatable bonds is 4. The number of likely N-dealkylation sites (tertiary alicyclic amines) is 1. The van der Waals surface area contributed by atoms with Crippen molar-refractivity contribution in [3.05, 3.63) is 23.8 Å². The summed E-state index contributed by atoms with van der Waals surface area (Å²) in [6.07, 6.45) is 3.64. The molecule has 0 aliphatic carbocycles. The first kappa shape index (κ1) is 17.5. The molecule has 1 unspecified atom stereocenters. The highest BCUT2D eigenvalue weighted by molar-refractivity contribution is 6.02. The molecule has 1 fully saturated rings. The van der Waals surface area contributed by atoms with Crippen molar-refractivity contribution < 1.29 is 19.1 Å². The number of ether oxygens (including phenoxy) is 1. The van der Waals surface area contributed by atoms with E-state index in [-0.39, 0.29) is 43.1 Å². The molecule has 2 aliphatic heterocycles. The number of likely N-dealkylation sites (N-methyl/N-ethyl adjacent to an activating group) is 1. The summed E-state index contributed by atoms with van der Waals surface area (Å²) in [7, 11) is 1.67. The third-order valence-corrected chi connectivity index (χ3v) is 5.06. The van der Waals surface area contributed by atoms with Gasteiger partial charge in [0.2, 0.25) is 5.91 Å². The monoisotopic (exact) mass is 344 g/mol. The lowest BCUT2D eigenvalue weighted by Gasteiger charge is -2.33. The van der Waals surface area contributed by atoms with E-state index in [1.807, 2.05) is 4.90 Å². The highest BCUT2D eigenvalue weighted by Gasteiger charge is 2.25. The Bertz CT molecular complexity index is 701. The van der Waals surface area contributed by atoms with E-state index >= 15 is 0 Å². The zero-order chi connectivity index (χ0) is 18.0. The molecule has 2 heterocycles. The molecule has 0 bridgehead atoms. The highest BCUT2D eigenvalue weighted by Crippen LogP contribution is 2.32. The van der Waals surface area contributed by atoms with E-state index in [2.05, 4.69) is 6.92 Å². The molecule has 6 nitrogen and oxygen atoms in total. The minimum Gasteiger partial charge on any atom is -0.482 e. The Balaban J connectivity index is 1.64. The van der Waals surface area contributed by atoms with Crippen molar-refractivity contribution >= 4 is 23.3 Å². The number of ketones is 1. The van der Waals surface area contributed by atoms with Crippen LogP contribution in [0.5, 0.6) is 5.75 Å². The summed E-state index contributed by atoms with van der Waals surface area (Å²) in [6.45, 7) is 2.87. The summed E-state index contributed by atoms with van der Waals surface area (Å²) >= 11 is 0. The number of nitrogens with zero attached hydrogens (tertiary/aromatic N) is 2. The Labute approximate surface area is 147 Å². The van der Waals surface area contributed by atoms with Crippen LogP contribution in [-0.4, -0.2) is 48.7 Å². The van der Waals surface area contributed by atoms with Crippen molar-refractivity contribution in [2.75, 3.05) is 25.1 Å². The second kappa shape index (κ2) is 7.25. The lowest BCUT2D eigenvalue weighted by molar-refractivity contribution is -0.134. The average Bonchev–Trinajstić information content (AvgIpc) is 2.62. The maximum Gasteiger partial charge on any atom is 0.264 e. The lowest BCUT2D eigenvalue weighted by atomic mass is 10.0. The fourth-order valence-electron chi connectivity index (χ4n) is 3.42. The first-order valence-corrected chi connectivity index (χ1v) is 8.83. The smallest absolute Gasteiger partial charge is 0.264 e. The van der Waals surface area contributed by atoms with Crippen molar-refractivity contribution in [1.29, 1.82) is 0 Å². The number of fused-ring (bicyclic) bond motifs is 1. The maximum absolute atomic E-state index is 12.5.